The Morgan fingerprint density at radius 2 is 1.94 bits per heavy atom. The lowest BCUT2D eigenvalue weighted by Crippen LogP contribution is -2.23. The van der Waals surface area contributed by atoms with Gasteiger partial charge in [-0.1, -0.05) is 6.07 Å². The van der Waals surface area contributed by atoms with Crippen molar-refractivity contribution in [2.75, 3.05) is 0 Å². The minimum Gasteiger partial charge on any atom is -0.485 e. The largest absolute Gasteiger partial charge is 0.485 e. The molecule has 0 atom stereocenters. The highest BCUT2D eigenvalue weighted by atomic mass is 19.1. The first-order valence-electron chi connectivity index (χ1n) is 5.10. The fourth-order valence-electron chi connectivity index (χ4n) is 1.25. The van der Waals surface area contributed by atoms with Crippen LogP contribution < -0.4 is 4.74 Å². The Hall–Kier alpha value is -1.38. The summed E-state index contributed by atoms with van der Waals surface area (Å²) in [5, 5.41) is 0. The van der Waals surface area contributed by atoms with Gasteiger partial charge >= 0.3 is 0 Å². The molecule has 88 valence electrons. The molecule has 0 amide bonds. The number of hydrogen-bond acceptors (Lipinski definition) is 1. The molecule has 0 aliphatic carbocycles. The molecule has 0 saturated heterocycles. The molecule has 0 unspecified atom stereocenters. The SMILES string of the molecule is CC(F)=Cc1ccc(OC(C)(C)C)c(F)c1. The van der Waals surface area contributed by atoms with E-state index in [1.807, 2.05) is 20.8 Å². The van der Waals surface area contributed by atoms with E-state index in [-0.39, 0.29) is 11.6 Å². The van der Waals surface area contributed by atoms with Crippen LogP contribution in [0.1, 0.15) is 33.3 Å². The molecule has 0 aromatic heterocycles. The first-order valence-corrected chi connectivity index (χ1v) is 5.10. The third kappa shape index (κ3) is 4.01. The van der Waals surface area contributed by atoms with Crippen molar-refractivity contribution < 1.29 is 13.5 Å². The number of benzene rings is 1. The van der Waals surface area contributed by atoms with E-state index in [0.717, 1.165) is 0 Å². The lowest BCUT2D eigenvalue weighted by molar-refractivity contribution is 0.124. The highest BCUT2D eigenvalue weighted by Crippen LogP contribution is 2.23. The summed E-state index contributed by atoms with van der Waals surface area (Å²) >= 11 is 0. The monoisotopic (exact) mass is 226 g/mol. The summed E-state index contributed by atoms with van der Waals surface area (Å²) in [6, 6.07) is 4.38. The number of rotatable bonds is 2. The predicted molar refractivity (Wildman–Crippen MR) is 61.5 cm³/mol. The van der Waals surface area contributed by atoms with Crippen LogP contribution in [0.25, 0.3) is 6.08 Å². The Labute approximate surface area is 94.7 Å². The second-order valence-electron chi connectivity index (χ2n) is 4.64. The van der Waals surface area contributed by atoms with Crippen molar-refractivity contribution in [3.05, 3.63) is 35.4 Å². The van der Waals surface area contributed by atoms with Gasteiger partial charge in [0.2, 0.25) is 0 Å². The van der Waals surface area contributed by atoms with Crippen LogP contribution in [0.3, 0.4) is 0 Å². The number of halogens is 2. The lowest BCUT2D eigenvalue weighted by atomic mass is 10.1. The Bertz CT molecular complexity index is 399. The molecule has 0 radical (unpaired) electrons. The van der Waals surface area contributed by atoms with Crippen molar-refractivity contribution in [1.29, 1.82) is 0 Å². The van der Waals surface area contributed by atoms with Gasteiger partial charge in [-0.05, 0) is 51.5 Å². The molecule has 0 aliphatic heterocycles. The molecule has 1 nitrogen and oxygen atoms in total. The average Bonchev–Trinajstić information content (AvgIpc) is 2.06. The van der Waals surface area contributed by atoms with Crippen LogP contribution in [0.2, 0.25) is 0 Å². The normalized spacial score (nSPS) is 12.8. The Morgan fingerprint density at radius 3 is 2.38 bits per heavy atom. The van der Waals surface area contributed by atoms with E-state index in [9.17, 15) is 8.78 Å². The molecule has 0 spiro atoms. The Balaban J connectivity index is 2.96. The van der Waals surface area contributed by atoms with Gasteiger partial charge in [-0.25, -0.2) is 8.78 Å². The molecule has 16 heavy (non-hydrogen) atoms. The number of allylic oxidation sites excluding steroid dienone is 1. The smallest absolute Gasteiger partial charge is 0.165 e. The summed E-state index contributed by atoms with van der Waals surface area (Å²) in [6.07, 6.45) is 1.27. The first-order chi connectivity index (χ1) is 7.28. The van der Waals surface area contributed by atoms with E-state index in [2.05, 4.69) is 0 Å². The third-order valence-corrected chi connectivity index (χ3v) is 1.74. The van der Waals surface area contributed by atoms with Crippen LogP contribution in [-0.2, 0) is 0 Å². The highest BCUT2D eigenvalue weighted by Gasteiger charge is 2.14. The molecule has 1 rings (SSSR count). The molecule has 0 fully saturated rings. The number of hydrogen-bond donors (Lipinski definition) is 0. The minimum atomic E-state index is -0.482. The van der Waals surface area contributed by atoms with Crippen LogP contribution in [0.5, 0.6) is 5.75 Å². The topological polar surface area (TPSA) is 9.23 Å². The summed E-state index contributed by atoms with van der Waals surface area (Å²) in [5.41, 5.74) is 0.0348. The van der Waals surface area contributed by atoms with Gasteiger partial charge in [-0.3, -0.25) is 0 Å². The van der Waals surface area contributed by atoms with Gasteiger partial charge in [0.15, 0.2) is 11.6 Å². The molecule has 0 heterocycles. The Kier molecular flexibility index (Phi) is 3.68. The summed E-state index contributed by atoms with van der Waals surface area (Å²) in [5.74, 6) is -0.657. The highest BCUT2D eigenvalue weighted by molar-refractivity contribution is 5.52. The van der Waals surface area contributed by atoms with E-state index in [0.29, 0.717) is 5.56 Å². The summed E-state index contributed by atoms with van der Waals surface area (Å²) in [4.78, 5) is 0. The van der Waals surface area contributed by atoms with Gasteiger partial charge in [0, 0.05) is 0 Å². The zero-order valence-corrected chi connectivity index (χ0v) is 9.97. The van der Waals surface area contributed by atoms with Crippen LogP contribution in [-0.4, -0.2) is 5.60 Å². The summed E-state index contributed by atoms with van der Waals surface area (Å²) in [6.45, 7) is 6.83. The zero-order valence-electron chi connectivity index (χ0n) is 9.97. The van der Waals surface area contributed by atoms with E-state index in [1.54, 1.807) is 6.07 Å². The van der Waals surface area contributed by atoms with Crippen LogP contribution in [0.15, 0.2) is 24.0 Å². The van der Waals surface area contributed by atoms with Gasteiger partial charge < -0.3 is 4.74 Å². The van der Waals surface area contributed by atoms with Crippen molar-refractivity contribution in [2.45, 2.75) is 33.3 Å². The summed E-state index contributed by atoms with van der Waals surface area (Å²) in [7, 11) is 0. The lowest BCUT2D eigenvalue weighted by Gasteiger charge is -2.21. The van der Waals surface area contributed by atoms with Crippen molar-refractivity contribution >= 4 is 6.08 Å². The van der Waals surface area contributed by atoms with Crippen molar-refractivity contribution in [2.24, 2.45) is 0 Å². The van der Waals surface area contributed by atoms with Gasteiger partial charge in [0.1, 0.15) is 5.60 Å². The maximum Gasteiger partial charge on any atom is 0.165 e. The van der Waals surface area contributed by atoms with E-state index in [1.165, 1.54) is 25.1 Å². The van der Waals surface area contributed by atoms with Crippen molar-refractivity contribution in [3.8, 4) is 5.75 Å². The molecule has 0 aliphatic rings. The fourth-order valence-corrected chi connectivity index (χ4v) is 1.25. The fraction of sp³-hybridized carbons (Fsp3) is 0.385. The third-order valence-electron chi connectivity index (χ3n) is 1.74. The molecular weight excluding hydrogens is 210 g/mol. The van der Waals surface area contributed by atoms with Gasteiger partial charge in [0.05, 0.1) is 5.83 Å². The van der Waals surface area contributed by atoms with E-state index < -0.39 is 11.4 Å². The van der Waals surface area contributed by atoms with E-state index in [4.69, 9.17) is 4.74 Å². The van der Waals surface area contributed by atoms with Crippen LogP contribution in [0.4, 0.5) is 8.78 Å². The van der Waals surface area contributed by atoms with Crippen LogP contribution >= 0.6 is 0 Å². The average molecular weight is 226 g/mol. The molecule has 0 N–H and O–H groups in total. The van der Waals surface area contributed by atoms with Gasteiger partial charge in [-0.15, -0.1) is 0 Å². The molecule has 3 heteroatoms. The standard InChI is InChI=1S/C13H16F2O/c1-9(14)7-10-5-6-12(11(15)8-10)16-13(2,3)4/h5-8H,1-4H3. The quantitative estimate of drug-likeness (QED) is 0.729. The first kappa shape index (κ1) is 12.7. The van der Waals surface area contributed by atoms with Crippen LogP contribution in [0, 0.1) is 5.82 Å². The molecular formula is C13H16F2O. The van der Waals surface area contributed by atoms with Crippen molar-refractivity contribution in [1.82, 2.24) is 0 Å². The number of ether oxygens (including phenoxy) is 1. The predicted octanol–water partition coefficient (Wildman–Crippen LogP) is 4.33. The van der Waals surface area contributed by atoms with Gasteiger partial charge in [0.25, 0.3) is 0 Å². The second kappa shape index (κ2) is 4.64. The summed E-state index contributed by atoms with van der Waals surface area (Å²) < 4.78 is 31.6. The van der Waals surface area contributed by atoms with Gasteiger partial charge in [-0.2, -0.15) is 0 Å². The van der Waals surface area contributed by atoms with E-state index >= 15 is 0 Å². The molecule has 0 bridgehead atoms. The Morgan fingerprint density at radius 1 is 1.31 bits per heavy atom. The maximum atomic E-state index is 13.6. The molecule has 1 aromatic carbocycles. The minimum absolute atomic E-state index is 0.182. The maximum absolute atomic E-state index is 13.6. The molecule has 0 saturated carbocycles. The molecule has 1 aromatic rings. The zero-order chi connectivity index (χ0) is 12.3. The van der Waals surface area contributed by atoms with Crippen molar-refractivity contribution in [3.63, 3.8) is 0 Å². The second-order valence-corrected chi connectivity index (χ2v) is 4.64.